The maximum atomic E-state index is 12.3. The first-order valence-electron chi connectivity index (χ1n) is 33.5. The van der Waals surface area contributed by atoms with Gasteiger partial charge in [-0.05, 0) is 51.4 Å². The van der Waals surface area contributed by atoms with E-state index in [-0.39, 0.29) is 25.2 Å². The van der Waals surface area contributed by atoms with Crippen LogP contribution in [0.15, 0.2) is 36.5 Å². The summed E-state index contributed by atoms with van der Waals surface area (Å²) in [6.07, 6.45) is 86.0. The van der Waals surface area contributed by atoms with Crippen LogP contribution >= 0.6 is 0 Å². The highest BCUT2D eigenvalue weighted by molar-refractivity contribution is 5.70. The lowest BCUT2D eigenvalue weighted by atomic mass is 10.0. The van der Waals surface area contributed by atoms with Gasteiger partial charge in [-0.2, -0.15) is 0 Å². The molecule has 0 amide bonds. The minimum atomic E-state index is -0.773. The Hall–Kier alpha value is -1.88. The number of carbonyl (C=O) groups is 2. The molecule has 1 atom stereocenters. The Kier molecular flexibility index (Phi) is 63.7. The fourth-order valence-electron chi connectivity index (χ4n) is 10.4. The SMILES string of the molecule is CCCCCCC/C=C\C/C=C\C/C=C\CCCCCCCCCCCCC(=O)OC(CO)COC(=O)CCCCCCCCCCCCCCCCCCCCCCCCCCCCCCCCCCCCC. The van der Waals surface area contributed by atoms with E-state index < -0.39 is 6.10 Å². The summed E-state index contributed by atoms with van der Waals surface area (Å²) in [4.78, 5) is 24.6. The highest BCUT2D eigenvalue weighted by Crippen LogP contribution is 2.19. The van der Waals surface area contributed by atoms with Gasteiger partial charge in [0.2, 0.25) is 0 Å². The third kappa shape index (κ3) is 62.7. The van der Waals surface area contributed by atoms with E-state index in [1.54, 1.807) is 0 Å². The second-order valence-corrected chi connectivity index (χ2v) is 22.9. The summed E-state index contributed by atoms with van der Waals surface area (Å²) in [6.45, 7) is 4.18. The number of carbonyl (C=O) groups excluding carboxylic acids is 2. The molecule has 0 fully saturated rings. The van der Waals surface area contributed by atoms with Crippen molar-refractivity contribution in [1.29, 1.82) is 0 Å². The zero-order chi connectivity index (χ0) is 53.4. The number of aliphatic hydroxyl groups is 1. The van der Waals surface area contributed by atoms with Crippen molar-refractivity contribution in [2.45, 2.75) is 380 Å². The Bertz CT molecular complexity index is 1170. The molecule has 5 nitrogen and oxygen atoms in total. The van der Waals surface area contributed by atoms with Crippen molar-refractivity contribution in [3.63, 3.8) is 0 Å². The molecule has 0 saturated carbocycles. The predicted molar refractivity (Wildman–Crippen MR) is 325 cm³/mol. The molecule has 0 aliphatic rings. The summed E-state index contributed by atoms with van der Waals surface area (Å²) in [6, 6.07) is 0. The monoisotopic (exact) mass is 1040 g/mol. The minimum Gasteiger partial charge on any atom is -0.462 e. The maximum absolute atomic E-state index is 12.3. The van der Waals surface area contributed by atoms with Crippen molar-refractivity contribution in [2.75, 3.05) is 13.2 Å². The van der Waals surface area contributed by atoms with Crippen LogP contribution in [-0.4, -0.2) is 36.4 Å². The first-order chi connectivity index (χ1) is 36.6. The van der Waals surface area contributed by atoms with Gasteiger partial charge >= 0.3 is 11.9 Å². The zero-order valence-corrected chi connectivity index (χ0v) is 50.1. The number of hydrogen-bond donors (Lipinski definition) is 1. The second-order valence-electron chi connectivity index (χ2n) is 22.9. The molecule has 1 N–H and O–H groups in total. The molecule has 1 unspecified atom stereocenters. The number of rotatable bonds is 63. The van der Waals surface area contributed by atoms with Crippen LogP contribution in [-0.2, 0) is 19.1 Å². The standard InChI is InChI=1S/C69H130O5/c1-3-5-7-9-11-13-15-17-19-21-23-25-27-29-30-31-32-33-34-35-36-37-38-40-41-43-45-47-49-51-53-55-57-59-61-63-68(71)73-66-67(65-70)74-69(72)64-62-60-58-56-54-52-50-48-46-44-42-39-28-26-24-22-20-18-16-14-12-10-8-6-4-2/h16,18,22,24,28,39,67,70H,3-15,17,19-21,23,25-27,29-38,40-66H2,1-2H3/b18-16-,24-22-,39-28-. The van der Waals surface area contributed by atoms with Gasteiger partial charge in [-0.1, -0.05) is 346 Å². The van der Waals surface area contributed by atoms with Crippen molar-refractivity contribution in [2.24, 2.45) is 0 Å². The van der Waals surface area contributed by atoms with Gasteiger partial charge < -0.3 is 14.6 Å². The van der Waals surface area contributed by atoms with Crippen LogP contribution in [0.1, 0.15) is 373 Å². The Morgan fingerprint density at radius 2 is 0.541 bits per heavy atom. The largest absolute Gasteiger partial charge is 0.462 e. The molecule has 0 aromatic carbocycles. The average Bonchev–Trinajstić information content (AvgIpc) is 3.40. The van der Waals surface area contributed by atoms with Gasteiger partial charge in [0.05, 0.1) is 6.61 Å². The van der Waals surface area contributed by atoms with Gasteiger partial charge in [0.25, 0.3) is 0 Å². The van der Waals surface area contributed by atoms with Crippen LogP contribution in [0.5, 0.6) is 0 Å². The molecule has 0 rings (SSSR count). The number of aliphatic hydroxyl groups excluding tert-OH is 1. The number of allylic oxidation sites excluding steroid dienone is 6. The Labute approximate surface area is 463 Å². The highest BCUT2D eigenvalue weighted by atomic mass is 16.6. The van der Waals surface area contributed by atoms with Gasteiger partial charge in [-0.15, -0.1) is 0 Å². The van der Waals surface area contributed by atoms with Crippen molar-refractivity contribution in [3.05, 3.63) is 36.5 Å². The first-order valence-corrected chi connectivity index (χ1v) is 33.5. The molecule has 0 bridgehead atoms. The summed E-state index contributed by atoms with van der Waals surface area (Å²) in [5, 5.41) is 9.68. The lowest BCUT2D eigenvalue weighted by molar-refractivity contribution is -0.161. The molecule has 74 heavy (non-hydrogen) atoms. The second kappa shape index (κ2) is 65.4. The van der Waals surface area contributed by atoms with Gasteiger partial charge in [0, 0.05) is 12.8 Å². The Morgan fingerprint density at radius 3 is 0.811 bits per heavy atom. The summed E-state index contributed by atoms with van der Waals surface area (Å²) >= 11 is 0. The van der Waals surface area contributed by atoms with Gasteiger partial charge in [-0.25, -0.2) is 0 Å². The smallest absolute Gasteiger partial charge is 0.306 e. The van der Waals surface area contributed by atoms with Crippen LogP contribution in [0.2, 0.25) is 0 Å². The molecular weight excluding hydrogens is 909 g/mol. The average molecular weight is 1040 g/mol. The third-order valence-corrected chi connectivity index (χ3v) is 15.4. The third-order valence-electron chi connectivity index (χ3n) is 15.4. The highest BCUT2D eigenvalue weighted by Gasteiger charge is 2.16. The number of unbranched alkanes of at least 4 members (excludes halogenated alkanes) is 49. The molecule has 0 spiro atoms. The fourth-order valence-corrected chi connectivity index (χ4v) is 10.4. The van der Waals surface area contributed by atoms with Gasteiger partial charge in [-0.3, -0.25) is 9.59 Å². The van der Waals surface area contributed by atoms with E-state index in [9.17, 15) is 14.7 Å². The van der Waals surface area contributed by atoms with Gasteiger partial charge in [0.1, 0.15) is 6.61 Å². The lowest BCUT2D eigenvalue weighted by Crippen LogP contribution is -2.28. The van der Waals surface area contributed by atoms with E-state index in [4.69, 9.17) is 9.47 Å². The summed E-state index contributed by atoms with van der Waals surface area (Å²) < 4.78 is 10.7. The van der Waals surface area contributed by atoms with E-state index in [1.807, 2.05) is 0 Å². The molecule has 0 heterocycles. The van der Waals surface area contributed by atoms with Crippen LogP contribution in [0.3, 0.4) is 0 Å². The lowest BCUT2D eigenvalue weighted by Gasteiger charge is -2.15. The molecule has 0 aromatic rings. The number of esters is 2. The molecule has 0 aliphatic carbocycles. The molecule has 0 saturated heterocycles. The molecular formula is C69H130O5. The van der Waals surface area contributed by atoms with E-state index in [0.29, 0.717) is 12.8 Å². The minimum absolute atomic E-state index is 0.0628. The summed E-state index contributed by atoms with van der Waals surface area (Å²) in [5.74, 6) is -0.575. The van der Waals surface area contributed by atoms with E-state index in [2.05, 4.69) is 50.3 Å². The van der Waals surface area contributed by atoms with Gasteiger partial charge in [0.15, 0.2) is 6.10 Å². The predicted octanol–water partition coefficient (Wildman–Crippen LogP) is 23.0. The van der Waals surface area contributed by atoms with Crippen LogP contribution in [0.4, 0.5) is 0 Å². The van der Waals surface area contributed by atoms with E-state index >= 15 is 0 Å². The first kappa shape index (κ1) is 72.1. The maximum Gasteiger partial charge on any atom is 0.306 e. The van der Waals surface area contributed by atoms with E-state index in [0.717, 1.165) is 44.9 Å². The quantitative estimate of drug-likeness (QED) is 0.0373. The molecule has 0 aromatic heterocycles. The normalized spacial score (nSPS) is 12.3. The molecule has 0 radical (unpaired) electrons. The number of ether oxygens (including phenoxy) is 2. The molecule has 0 aliphatic heterocycles. The van der Waals surface area contributed by atoms with Crippen molar-refractivity contribution in [3.8, 4) is 0 Å². The van der Waals surface area contributed by atoms with Crippen LogP contribution in [0, 0.1) is 0 Å². The van der Waals surface area contributed by atoms with Crippen LogP contribution < -0.4 is 0 Å². The van der Waals surface area contributed by atoms with Crippen LogP contribution in [0.25, 0.3) is 0 Å². The van der Waals surface area contributed by atoms with Crippen molar-refractivity contribution < 1.29 is 24.2 Å². The topological polar surface area (TPSA) is 72.8 Å². The summed E-state index contributed by atoms with van der Waals surface area (Å²) in [5.41, 5.74) is 0. The zero-order valence-electron chi connectivity index (χ0n) is 50.1. The summed E-state index contributed by atoms with van der Waals surface area (Å²) in [7, 11) is 0. The van der Waals surface area contributed by atoms with E-state index in [1.165, 1.54) is 302 Å². The molecule has 436 valence electrons. The Morgan fingerprint density at radius 1 is 0.311 bits per heavy atom. The fraction of sp³-hybridized carbons (Fsp3) is 0.884. The van der Waals surface area contributed by atoms with Crippen molar-refractivity contribution >= 4 is 11.9 Å². The molecule has 5 heteroatoms. The van der Waals surface area contributed by atoms with Crippen molar-refractivity contribution in [1.82, 2.24) is 0 Å². The number of hydrogen-bond acceptors (Lipinski definition) is 5. The Balaban J connectivity index is 3.39.